The van der Waals surface area contributed by atoms with E-state index >= 15 is 0 Å². The van der Waals surface area contributed by atoms with Crippen molar-refractivity contribution in [3.63, 3.8) is 0 Å². The van der Waals surface area contributed by atoms with Gasteiger partial charge in [0, 0.05) is 6.07 Å². The first-order valence-corrected chi connectivity index (χ1v) is 7.86. The molecule has 1 heterocycles. The summed E-state index contributed by atoms with van der Waals surface area (Å²) in [6, 6.07) is 13.6. The molecule has 0 aromatic heterocycles. The van der Waals surface area contributed by atoms with E-state index in [1.165, 1.54) is 6.07 Å². The number of hydrogen-bond donors (Lipinski definition) is 0. The first kappa shape index (κ1) is 16.3. The van der Waals surface area contributed by atoms with Gasteiger partial charge in [-0.2, -0.15) is 0 Å². The van der Waals surface area contributed by atoms with Crippen LogP contribution in [0.5, 0.6) is 11.5 Å². The molecule has 3 rings (SSSR count). The van der Waals surface area contributed by atoms with E-state index < -0.39 is 11.3 Å². The van der Waals surface area contributed by atoms with Crippen molar-refractivity contribution in [3.05, 3.63) is 71.0 Å². The van der Waals surface area contributed by atoms with Crippen LogP contribution in [0.25, 0.3) is 0 Å². The molecule has 1 aliphatic rings. The Morgan fingerprint density at radius 3 is 2.50 bits per heavy atom. The predicted molar refractivity (Wildman–Crippen MR) is 90.4 cm³/mol. The number of halogens is 1. The number of carbonyl (C=O) groups excluding carboxylic acids is 2. The van der Waals surface area contributed by atoms with E-state index in [0.29, 0.717) is 22.6 Å². The molecule has 0 aliphatic carbocycles. The minimum Gasteiger partial charge on any atom is -0.452 e. The Morgan fingerprint density at radius 1 is 1.12 bits per heavy atom. The lowest BCUT2D eigenvalue weighted by molar-refractivity contribution is -0.134. The van der Waals surface area contributed by atoms with Gasteiger partial charge in [-0.3, -0.25) is 4.79 Å². The maximum atomic E-state index is 12.2. The van der Waals surface area contributed by atoms with Crippen molar-refractivity contribution in [2.24, 2.45) is 0 Å². The summed E-state index contributed by atoms with van der Waals surface area (Å²) < 4.78 is 10.9. The van der Waals surface area contributed by atoms with Gasteiger partial charge in [-0.1, -0.05) is 30.3 Å². The minimum atomic E-state index is -0.907. The van der Waals surface area contributed by atoms with Crippen LogP contribution in [0.1, 0.15) is 35.1 Å². The topological polar surface area (TPSA) is 52.6 Å². The first-order chi connectivity index (χ1) is 11.5. The molecular formula is C19H15ClO4. The Balaban J connectivity index is 1.79. The van der Waals surface area contributed by atoms with Crippen LogP contribution in [-0.4, -0.2) is 11.8 Å². The molecule has 0 radical (unpaired) electrons. The highest BCUT2D eigenvalue weighted by Gasteiger charge is 2.29. The van der Waals surface area contributed by atoms with Gasteiger partial charge in [0.1, 0.15) is 11.5 Å². The summed E-state index contributed by atoms with van der Waals surface area (Å²) in [5.41, 5.74) is 1.90. The highest BCUT2D eigenvalue weighted by molar-refractivity contribution is 6.30. The number of benzene rings is 2. The number of carbonyl (C=O) groups is 2. The van der Waals surface area contributed by atoms with Crippen molar-refractivity contribution >= 4 is 23.4 Å². The van der Waals surface area contributed by atoms with Crippen molar-refractivity contribution in [2.45, 2.75) is 19.2 Å². The number of ether oxygens (including phenoxy) is 2. The molecule has 1 aliphatic heterocycles. The van der Waals surface area contributed by atoms with Crippen LogP contribution < -0.4 is 9.47 Å². The lowest BCUT2D eigenvalue weighted by Gasteiger charge is -2.10. The van der Waals surface area contributed by atoms with Crippen molar-refractivity contribution in [1.82, 2.24) is 0 Å². The zero-order chi connectivity index (χ0) is 17.3. The number of fused-ring (bicyclic) bond motifs is 1. The molecule has 0 N–H and O–H groups in total. The molecule has 5 heteroatoms. The molecule has 0 bridgehead atoms. The molecule has 2 aromatic carbocycles. The van der Waals surface area contributed by atoms with E-state index in [4.69, 9.17) is 21.1 Å². The van der Waals surface area contributed by atoms with Crippen LogP contribution in [-0.2, 0) is 4.79 Å². The van der Waals surface area contributed by atoms with E-state index in [2.05, 4.69) is 0 Å². The Kier molecular flexibility index (Phi) is 4.40. The molecule has 0 fully saturated rings. The van der Waals surface area contributed by atoms with Crippen molar-refractivity contribution in [1.29, 1.82) is 0 Å². The van der Waals surface area contributed by atoms with Gasteiger partial charge in [0.25, 0.3) is 0 Å². The van der Waals surface area contributed by atoms with Crippen LogP contribution >= 0.6 is 11.6 Å². The number of hydrogen-bond acceptors (Lipinski definition) is 4. The maximum absolute atomic E-state index is 12.2. The highest BCUT2D eigenvalue weighted by Crippen LogP contribution is 2.35. The molecule has 0 saturated carbocycles. The SMILES string of the molecule is CC(C)=C1Oc2cc(OC(=O)C(Cl)c3ccccc3)ccc2C1=O. The Bertz CT molecular complexity index is 836. The van der Waals surface area contributed by atoms with Gasteiger partial charge in [0.2, 0.25) is 5.78 Å². The third-order valence-corrected chi connectivity index (χ3v) is 4.02. The highest BCUT2D eigenvalue weighted by atomic mass is 35.5. The van der Waals surface area contributed by atoms with E-state index in [1.54, 1.807) is 50.2 Å². The zero-order valence-electron chi connectivity index (χ0n) is 13.2. The van der Waals surface area contributed by atoms with E-state index in [1.807, 2.05) is 6.07 Å². The van der Waals surface area contributed by atoms with Crippen molar-refractivity contribution < 1.29 is 19.1 Å². The molecule has 0 spiro atoms. The average molecular weight is 343 g/mol. The smallest absolute Gasteiger partial charge is 0.334 e. The quantitative estimate of drug-likeness (QED) is 0.358. The number of Topliss-reactive ketones (excluding diaryl/α,β-unsaturated/α-hetero) is 1. The van der Waals surface area contributed by atoms with Crippen molar-refractivity contribution in [3.8, 4) is 11.5 Å². The molecule has 0 amide bonds. The third-order valence-electron chi connectivity index (χ3n) is 3.59. The molecule has 122 valence electrons. The van der Waals surface area contributed by atoms with Crippen LogP contribution in [0, 0.1) is 0 Å². The molecule has 24 heavy (non-hydrogen) atoms. The number of alkyl halides is 1. The maximum Gasteiger partial charge on any atom is 0.334 e. The number of rotatable bonds is 3. The predicted octanol–water partition coefficient (Wildman–Crippen LogP) is 4.44. The molecule has 1 atom stereocenters. The second-order valence-electron chi connectivity index (χ2n) is 5.61. The number of esters is 1. The fourth-order valence-corrected chi connectivity index (χ4v) is 2.56. The Hall–Kier alpha value is -2.59. The van der Waals surface area contributed by atoms with Gasteiger partial charge in [-0.25, -0.2) is 4.79 Å². The third kappa shape index (κ3) is 3.05. The molecule has 4 nitrogen and oxygen atoms in total. The van der Waals surface area contributed by atoms with E-state index in [0.717, 1.165) is 5.57 Å². The summed E-state index contributed by atoms with van der Waals surface area (Å²) in [7, 11) is 0. The van der Waals surface area contributed by atoms with Crippen LogP contribution in [0.3, 0.4) is 0 Å². The first-order valence-electron chi connectivity index (χ1n) is 7.42. The standard InChI is InChI=1S/C19H15ClO4/c1-11(2)18-17(21)14-9-8-13(10-15(14)24-18)23-19(22)16(20)12-6-4-3-5-7-12/h3-10,16H,1-2H3. The normalized spacial score (nSPS) is 14.0. The second-order valence-corrected chi connectivity index (χ2v) is 6.05. The van der Waals surface area contributed by atoms with Gasteiger partial charge in [-0.05, 0) is 37.1 Å². The number of ketones is 1. The van der Waals surface area contributed by atoms with Gasteiger partial charge in [0.15, 0.2) is 11.1 Å². The average Bonchev–Trinajstić information content (AvgIpc) is 2.91. The largest absolute Gasteiger partial charge is 0.452 e. The van der Waals surface area contributed by atoms with E-state index in [-0.39, 0.29) is 11.5 Å². The summed E-state index contributed by atoms with van der Waals surface area (Å²) in [5, 5.41) is -0.907. The fourth-order valence-electron chi connectivity index (χ4n) is 2.37. The fraction of sp³-hybridized carbons (Fsp3) is 0.158. The summed E-state index contributed by atoms with van der Waals surface area (Å²) in [4.78, 5) is 24.3. The van der Waals surface area contributed by atoms with Gasteiger partial charge in [0.05, 0.1) is 5.56 Å². The molecule has 1 unspecified atom stereocenters. The molecular weight excluding hydrogens is 328 g/mol. The summed E-state index contributed by atoms with van der Waals surface area (Å²) >= 11 is 6.14. The van der Waals surface area contributed by atoms with Crippen molar-refractivity contribution in [2.75, 3.05) is 0 Å². The van der Waals surface area contributed by atoms with Gasteiger partial charge >= 0.3 is 5.97 Å². The monoisotopic (exact) mass is 342 g/mol. The lowest BCUT2D eigenvalue weighted by atomic mass is 10.1. The summed E-state index contributed by atoms with van der Waals surface area (Å²) in [5.74, 6) is 0.223. The van der Waals surface area contributed by atoms with Crippen LogP contribution in [0.15, 0.2) is 59.9 Å². The zero-order valence-corrected chi connectivity index (χ0v) is 14.0. The van der Waals surface area contributed by atoms with Gasteiger partial charge in [-0.15, -0.1) is 11.6 Å². The lowest BCUT2D eigenvalue weighted by Crippen LogP contribution is -2.14. The molecule has 0 saturated heterocycles. The van der Waals surface area contributed by atoms with Gasteiger partial charge < -0.3 is 9.47 Å². The molecule has 2 aromatic rings. The summed E-state index contributed by atoms with van der Waals surface area (Å²) in [6.07, 6.45) is 0. The van der Waals surface area contributed by atoms with Crippen LogP contribution in [0.2, 0.25) is 0 Å². The van der Waals surface area contributed by atoms with Crippen LogP contribution in [0.4, 0.5) is 0 Å². The minimum absolute atomic E-state index is 0.164. The number of allylic oxidation sites excluding steroid dienone is 2. The summed E-state index contributed by atoms with van der Waals surface area (Å²) in [6.45, 7) is 3.61. The second kappa shape index (κ2) is 6.49. The Morgan fingerprint density at radius 2 is 1.83 bits per heavy atom. The van der Waals surface area contributed by atoms with E-state index in [9.17, 15) is 9.59 Å². The Labute approximate surface area is 144 Å².